The molecule has 2 heterocycles. The van der Waals surface area contributed by atoms with E-state index in [0.29, 0.717) is 5.91 Å². The summed E-state index contributed by atoms with van der Waals surface area (Å²) in [7, 11) is 1.81. The Balaban J connectivity index is 1.26. The maximum Gasteiger partial charge on any atom is 0.225 e. The molecule has 0 bridgehead atoms. The fourth-order valence-corrected chi connectivity index (χ4v) is 4.99. The highest BCUT2D eigenvalue weighted by atomic mass is 16.2. The zero-order valence-corrected chi connectivity index (χ0v) is 18.3. The largest absolute Gasteiger partial charge is 0.361 e. The molecule has 1 saturated heterocycles. The van der Waals surface area contributed by atoms with Gasteiger partial charge < -0.3 is 20.5 Å². The number of rotatable bonds is 6. The predicted molar refractivity (Wildman–Crippen MR) is 123 cm³/mol. The van der Waals surface area contributed by atoms with E-state index in [2.05, 4.69) is 56.8 Å². The Morgan fingerprint density at radius 1 is 1.23 bits per heavy atom. The van der Waals surface area contributed by atoms with Crippen molar-refractivity contribution in [1.82, 2.24) is 20.5 Å². The van der Waals surface area contributed by atoms with Crippen molar-refractivity contribution in [2.24, 2.45) is 10.9 Å². The van der Waals surface area contributed by atoms with Crippen molar-refractivity contribution in [1.29, 1.82) is 0 Å². The maximum atomic E-state index is 12.7. The van der Waals surface area contributed by atoms with Crippen LogP contribution in [0.25, 0.3) is 10.9 Å². The normalized spacial score (nSPS) is 20.3. The third kappa shape index (κ3) is 4.47. The Hall–Kier alpha value is -2.50. The number of hydrogen-bond acceptors (Lipinski definition) is 2. The monoisotopic (exact) mass is 409 g/mol. The summed E-state index contributed by atoms with van der Waals surface area (Å²) < 4.78 is 0. The highest BCUT2D eigenvalue weighted by Crippen LogP contribution is 2.28. The molecule has 2 aliphatic rings. The van der Waals surface area contributed by atoms with Crippen LogP contribution in [-0.2, 0) is 17.6 Å². The topological polar surface area (TPSA) is 72.5 Å². The van der Waals surface area contributed by atoms with Gasteiger partial charge in [-0.25, -0.2) is 0 Å². The zero-order chi connectivity index (χ0) is 20.9. The molecule has 4 rings (SSSR count). The van der Waals surface area contributed by atoms with E-state index < -0.39 is 0 Å². The van der Waals surface area contributed by atoms with Gasteiger partial charge in [-0.1, -0.05) is 38.0 Å². The number of carbonyl (C=O) groups excluding carboxylic acids is 1. The fraction of sp³-hybridized carbons (Fsp3) is 0.583. The van der Waals surface area contributed by atoms with Gasteiger partial charge in [0.05, 0.1) is 0 Å². The van der Waals surface area contributed by atoms with Crippen molar-refractivity contribution < 1.29 is 4.79 Å². The van der Waals surface area contributed by atoms with Gasteiger partial charge in [-0.05, 0) is 43.2 Å². The van der Waals surface area contributed by atoms with Crippen LogP contribution in [0, 0.1) is 5.92 Å². The summed E-state index contributed by atoms with van der Waals surface area (Å²) in [5.74, 6) is 1.46. The van der Waals surface area contributed by atoms with Gasteiger partial charge in [-0.2, -0.15) is 0 Å². The van der Waals surface area contributed by atoms with Crippen LogP contribution in [0.5, 0.6) is 0 Å². The van der Waals surface area contributed by atoms with E-state index in [4.69, 9.17) is 0 Å². The molecule has 1 amide bonds. The van der Waals surface area contributed by atoms with Gasteiger partial charge in [0, 0.05) is 55.7 Å². The average molecular weight is 410 g/mol. The fourth-order valence-electron chi connectivity index (χ4n) is 4.99. The lowest BCUT2D eigenvalue weighted by atomic mass is 10.1. The second kappa shape index (κ2) is 9.54. The average Bonchev–Trinajstić information content (AvgIpc) is 3.53. The molecule has 6 heteroatoms. The number of benzene rings is 1. The van der Waals surface area contributed by atoms with Crippen molar-refractivity contribution in [3.63, 3.8) is 0 Å². The van der Waals surface area contributed by atoms with E-state index in [0.717, 1.165) is 57.7 Å². The van der Waals surface area contributed by atoms with E-state index in [9.17, 15) is 4.79 Å². The molecule has 30 heavy (non-hydrogen) atoms. The zero-order valence-electron chi connectivity index (χ0n) is 18.3. The number of aromatic nitrogens is 1. The third-order valence-electron chi connectivity index (χ3n) is 6.72. The summed E-state index contributed by atoms with van der Waals surface area (Å²) in [5, 5.41) is 8.28. The number of fused-ring (bicyclic) bond motifs is 1. The summed E-state index contributed by atoms with van der Waals surface area (Å²) in [5.41, 5.74) is 3.95. The first-order valence-corrected chi connectivity index (χ1v) is 11.5. The third-order valence-corrected chi connectivity index (χ3v) is 6.72. The van der Waals surface area contributed by atoms with Crippen LogP contribution in [0.1, 0.15) is 50.2 Å². The Morgan fingerprint density at radius 3 is 2.83 bits per heavy atom. The minimum Gasteiger partial charge on any atom is -0.361 e. The lowest BCUT2D eigenvalue weighted by molar-refractivity contribution is -0.134. The van der Waals surface area contributed by atoms with Gasteiger partial charge in [-0.15, -0.1) is 0 Å². The predicted octanol–water partition coefficient (Wildman–Crippen LogP) is 3.23. The molecule has 0 radical (unpaired) electrons. The standard InChI is InChI=1S/C24H35N5O/c1-3-17-9-6-10-21-19(15-27-22(17)21)11-13-26-24(25-2)28-20-12-14-29(16-20)23(30)18-7-4-5-8-18/h6,9-10,15,18,20,27H,3-5,7-8,11-14,16H2,1-2H3,(H2,25,26,28). The first-order chi connectivity index (χ1) is 14.7. The van der Waals surface area contributed by atoms with Gasteiger partial charge >= 0.3 is 0 Å². The lowest BCUT2D eigenvalue weighted by Gasteiger charge is -2.21. The molecule has 2 fully saturated rings. The molecule has 1 saturated carbocycles. The van der Waals surface area contributed by atoms with Crippen LogP contribution in [0.3, 0.4) is 0 Å². The Labute approximate surface area is 179 Å². The molecule has 6 nitrogen and oxygen atoms in total. The van der Waals surface area contributed by atoms with Crippen molar-refractivity contribution >= 4 is 22.8 Å². The number of likely N-dealkylation sites (tertiary alicyclic amines) is 1. The number of aliphatic imine (C=N–C) groups is 1. The number of aryl methyl sites for hydroxylation is 1. The quantitative estimate of drug-likeness (QED) is 0.507. The first kappa shape index (κ1) is 20.8. The van der Waals surface area contributed by atoms with Crippen molar-refractivity contribution in [2.45, 2.75) is 57.9 Å². The molecule has 1 aliphatic carbocycles. The van der Waals surface area contributed by atoms with Crippen LogP contribution in [-0.4, -0.2) is 54.5 Å². The summed E-state index contributed by atoms with van der Waals surface area (Å²) >= 11 is 0. The van der Waals surface area contributed by atoms with E-state index in [1.807, 2.05) is 7.05 Å². The van der Waals surface area contributed by atoms with Crippen molar-refractivity contribution in [3.8, 4) is 0 Å². The van der Waals surface area contributed by atoms with Crippen LogP contribution >= 0.6 is 0 Å². The maximum absolute atomic E-state index is 12.7. The molecule has 2 aromatic rings. The number of hydrogen-bond donors (Lipinski definition) is 3. The van der Waals surface area contributed by atoms with E-state index >= 15 is 0 Å². The molecule has 1 unspecified atom stereocenters. The molecule has 0 spiro atoms. The molecular weight excluding hydrogens is 374 g/mol. The number of nitrogens with one attached hydrogen (secondary N) is 3. The Bertz CT molecular complexity index is 896. The first-order valence-electron chi connectivity index (χ1n) is 11.5. The van der Waals surface area contributed by atoms with Gasteiger partial charge in [0.2, 0.25) is 5.91 Å². The molecule has 162 valence electrons. The van der Waals surface area contributed by atoms with E-state index in [-0.39, 0.29) is 12.0 Å². The van der Waals surface area contributed by atoms with Gasteiger partial charge in [0.25, 0.3) is 0 Å². The highest BCUT2D eigenvalue weighted by Gasteiger charge is 2.32. The van der Waals surface area contributed by atoms with E-state index in [1.165, 1.54) is 34.9 Å². The SMILES string of the molecule is CCc1cccc2c(CCNC(=NC)NC3CCN(C(=O)C4CCCC4)C3)c[nH]c12. The van der Waals surface area contributed by atoms with Crippen molar-refractivity contribution in [3.05, 3.63) is 35.5 Å². The van der Waals surface area contributed by atoms with Crippen LogP contribution in [0.2, 0.25) is 0 Å². The smallest absolute Gasteiger partial charge is 0.225 e. The summed E-state index contributed by atoms with van der Waals surface area (Å²) in [4.78, 5) is 22.5. The molecule has 1 aliphatic heterocycles. The Kier molecular flexibility index (Phi) is 6.60. The van der Waals surface area contributed by atoms with Gasteiger partial charge in [0.15, 0.2) is 5.96 Å². The highest BCUT2D eigenvalue weighted by molar-refractivity contribution is 5.86. The molecule has 1 atom stereocenters. The lowest BCUT2D eigenvalue weighted by Crippen LogP contribution is -2.45. The Morgan fingerprint density at radius 2 is 2.07 bits per heavy atom. The number of aromatic amines is 1. The molecule has 1 aromatic carbocycles. The molecule has 1 aromatic heterocycles. The number of H-pyrrole nitrogens is 1. The summed E-state index contributed by atoms with van der Waals surface area (Å²) in [6.07, 6.45) is 9.65. The molecule has 3 N–H and O–H groups in total. The molecular formula is C24H35N5O. The van der Waals surface area contributed by atoms with Crippen LogP contribution in [0.4, 0.5) is 0 Å². The minimum absolute atomic E-state index is 0.269. The van der Waals surface area contributed by atoms with Crippen molar-refractivity contribution in [2.75, 3.05) is 26.7 Å². The van der Waals surface area contributed by atoms with Gasteiger partial charge in [-0.3, -0.25) is 9.79 Å². The van der Waals surface area contributed by atoms with Gasteiger partial charge in [0.1, 0.15) is 0 Å². The number of para-hydroxylation sites is 1. The van der Waals surface area contributed by atoms with Crippen LogP contribution < -0.4 is 10.6 Å². The number of guanidine groups is 1. The minimum atomic E-state index is 0.269. The second-order valence-electron chi connectivity index (χ2n) is 8.65. The second-order valence-corrected chi connectivity index (χ2v) is 8.65. The number of amides is 1. The van der Waals surface area contributed by atoms with Crippen LogP contribution in [0.15, 0.2) is 29.4 Å². The number of carbonyl (C=O) groups is 1. The summed E-state index contributed by atoms with van der Waals surface area (Å²) in [6.45, 7) is 4.66. The summed E-state index contributed by atoms with van der Waals surface area (Å²) in [6, 6.07) is 6.81. The number of nitrogens with zero attached hydrogens (tertiary/aromatic N) is 2. The van der Waals surface area contributed by atoms with E-state index in [1.54, 1.807) is 0 Å².